The van der Waals surface area contributed by atoms with Crippen molar-refractivity contribution in [1.82, 2.24) is 5.43 Å². The summed E-state index contributed by atoms with van der Waals surface area (Å²) in [5, 5.41) is 6.72. The first-order valence-corrected chi connectivity index (χ1v) is 11.5. The lowest BCUT2D eigenvalue weighted by atomic mass is 10.2. The second-order valence-corrected chi connectivity index (χ2v) is 8.17. The Hall–Kier alpha value is -3.76. The molecule has 0 saturated carbocycles. The summed E-state index contributed by atoms with van der Waals surface area (Å²) in [4.78, 5) is 24.0. The van der Waals surface area contributed by atoms with Crippen LogP contribution in [0.5, 0.6) is 11.5 Å². The SMILES string of the molecule is CCOc1cc(/C=N/NC(=O)C(=O)Nc2cccc(C(F)(F)F)c2)ccc1OCc1c(Cl)cccc1Cl. The quantitative estimate of drug-likeness (QED) is 0.201. The molecule has 0 aliphatic rings. The number of hydrogen-bond donors (Lipinski definition) is 2. The van der Waals surface area contributed by atoms with Crippen molar-refractivity contribution >= 4 is 46.9 Å². The van der Waals surface area contributed by atoms with Gasteiger partial charge in [0.2, 0.25) is 0 Å². The van der Waals surface area contributed by atoms with Crippen molar-refractivity contribution in [1.29, 1.82) is 0 Å². The maximum absolute atomic E-state index is 12.8. The Morgan fingerprint density at radius 3 is 2.32 bits per heavy atom. The molecule has 0 aliphatic heterocycles. The average Bonchev–Trinajstić information content (AvgIpc) is 2.84. The minimum absolute atomic E-state index is 0.100. The number of nitrogens with zero attached hydrogens (tertiary/aromatic N) is 1. The Balaban J connectivity index is 1.62. The fourth-order valence-electron chi connectivity index (χ4n) is 2.99. The number of anilines is 1. The topological polar surface area (TPSA) is 89.0 Å². The summed E-state index contributed by atoms with van der Waals surface area (Å²) in [5.74, 6) is -1.55. The summed E-state index contributed by atoms with van der Waals surface area (Å²) in [6.07, 6.45) is -3.33. The third-order valence-electron chi connectivity index (χ3n) is 4.74. The Labute approximate surface area is 220 Å². The van der Waals surface area contributed by atoms with Crippen LogP contribution in [0.3, 0.4) is 0 Å². The van der Waals surface area contributed by atoms with E-state index in [-0.39, 0.29) is 12.3 Å². The number of halogens is 5. The first-order valence-electron chi connectivity index (χ1n) is 10.7. The standard InChI is InChI=1S/C25H20Cl2F3N3O4/c1-2-36-22-11-15(9-10-21(22)37-14-18-19(26)7-4-8-20(18)27)13-31-33-24(35)23(34)32-17-6-3-5-16(12-17)25(28,29)30/h3-13H,2,14H2,1H3,(H,32,34)(H,33,35)/b31-13+. The minimum Gasteiger partial charge on any atom is -0.490 e. The summed E-state index contributed by atoms with van der Waals surface area (Å²) in [6.45, 7) is 2.23. The minimum atomic E-state index is -4.59. The van der Waals surface area contributed by atoms with E-state index in [0.717, 1.165) is 12.1 Å². The number of rotatable bonds is 8. The fraction of sp³-hybridized carbons (Fsp3) is 0.160. The van der Waals surface area contributed by atoms with Crippen LogP contribution < -0.4 is 20.2 Å². The van der Waals surface area contributed by atoms with Crippen molar-refractivity contribution in [3.8, 4) is 11.5 Å². The average molecular weight is 554 g/mol. The maximum Gasteiger partial charge on any atom is 0.416 e. The number of nitrogens with one attached hydrogen (secondary N) is 2. The molecule has 0 bridgehead atoms. The second-order valence-electron chi connectivity index (χ2n) is 7.36. The van der Waals surface area contributed by atoms with Gasteiger partial charge in [0.1, 0.15) is 6.61 Å². The van der Waals surface area contributed by atoms with Crippen LogP contribution in [-0.2, 0) is 22.4 Å². The van der Waals surface area contributed by atoms with Crippen molar-refractivity contribution in [3.63, 3.8) is 0 Å². The highest BCUT2D eigenvalue weighted by Gasteiger charge is 2.30. The largest absolute Gasteiger partial charge is 0.490 e. The van der Waals surface area contributed by atoms with Gasteiger partial charge in [-0.25, -0.2) is 5.43 Å². The number of hydrogen-bond acceptors (Lipinski definition) is 5. The number of benzene rings is 3. The van der Waals surface area contributed by atoms with E-state index < -0.39 is 23.6 Å². The smallest absolute Gasteiger partial charge is 0.416 e. The highest BCUT2D eigenvalue weighted by atomic mass is 35.5. The van der Waals surface area contributed by atoms with Crippen LogP contribution in [0.25, 0.3) is 0 Å². The molecule has 0 aromatic heterocycles. The summed E-state index contributed by atoms with van der Waals surface area (Å²) >= 11 is 12.4. The van der Waals surface area contributed by atoms with E-state index in [1.807, 2.05) is 5.43 Å². The molecular weight excluding hydrogens is 534 g/mol. The molecule has 0 saturated heterocycles. The van der Waals surface area contributed by atoms with Gasteiger partial charge >= 0.3 is 18.0 Å². The van der Waals surface area contributed by atoms with Crippen molar-refractivity contribution in [2.24, 2.45) is 5.10 Å². The molecule has 0 spiro atoms. The molecule has 0 aliphatic carbocycles. The molecule has 194 valence electrons. The Bertz CT molecular complexity index is 1300. The Morgan fingerprint density at radius 2 is 1.65 bits per heavy atom. The van der Waals surface area contributed by atoms with Gasteiger partial charge in [-0.15, -0.1) is 0 Å². The first kappa shape index (κ1) is 27.8. The van der Waals surface area contributed by atoms with Gasteiger partial charge in [0.05, 0.1) is 18.4 Å². The molecule has 3 aromatic rings. The number of alkyl halides is 3. The van der Waals surface area contributed by atoms with E-state index in [0.29, 0.717) is 45.3 Å². The summed E-state index contributed by atoms with van der Waals surface area (Å²) in [5.41, 5.74) is 1.99. The van der Waals surface area contributed by atoms with Crippen molar-refractivity contribution in [3.05, 3.63) is 87.4 Å². The molecule has 7 nitrogen and oxygen atoms in total. The predicted molar refractivity (Wildman–Crippen MR) is 134 cm³/mol. The zero-order valence-corrected chi connectivity index (χ0v) is 20.7. The number of hydrazone groups is 1. The fourth-order valence-corrected chi connectivity index (χ4v) is 3.50. The summed E-state index contributed by atoms with van der Waals surface area (Å²) < 4.78 is 49.9. The first-order chi connectivity index (χ1) is 17.6. The lowest BCUT2D eigenvalue weighted by molar-refractivity contribution is -0.137. The van der Waals surface area contributed by atoms with Crippen LogP contribution in [0, 0.1) is 0 Å². The molecule has 37 heavy (non-hydrogen) atoms. The molecule has 0 heterocycles. The van der Waals surface area contributed by atoms with Crippen molar-refractivity contribution in [2.45, 2.75) is 19.7 Å². The highest BCUT2D eigenvalue weighted by molar-refractivity contribution is 6.39. The van der Waals surface area contributed by atoms with Gasteiger partial charge in [-0.05, 0) is 61.0 Å². The predicted octanol–water partition coefficient (Wildman–Crippen LogP) is 6.08. The van der Waals surface area contributed by atoms with E-state index in [1.165, 1.54) is 12.3 Å². The molecule has 0 unspecified atom stereocenters. The highest BCUT2D eigenvalue weighted by Crippen LogP contribution is 2.32. The number of ether oxygens (including phenoxy) is 2. The van der Waals surface area contributed by atoms with E-state index >= 15 is 0 Å². The van der Waals surface area contributed by atoms with Crippen molar-refractivity contribution < 1.29 is 32.2 Å². The van der Waals surface area contributed by atoms with Gasteiger partial charge in [0.25, 0.3) is 0 Å². The summed E-state index contributed by atoms with van der Waals surface area (Å²) in [7, 11) is 0. The monoisotopic (exact) mass is 553 g/mol. The Morgan fingerprint density at radius 1 is 0.946 bits per heavy atom. The number of amides is 2. The van der Waals surface area contributed by atoms with Crippen LogP contribution >= 0.6 is 23.2 Å². The molecule has 2 N–H and O–H groups in total. The molecule has 12 heteroatoms. The molecule has 3 rings (SSSR count). The molecule has 0 radical (unpaired) electrons. The van der Waals surface area contributed by atoms with E-state index in [1.54, 1.807) is 43.3 Å². The van der Waals surface area contributed by atoms with E-state index in [2.05, 4.69) is 10.4 Å². The summed E-state index contributed by atoms with van der Waals surface area (Å²) in [6, 6.07) is 13.9. The zero-order valence-electron chi connectivity index (χ0n) is 19.2. The molecule has 0 atom stereocenters. The molecule has 3 aromatic carbocycles. The molecule has 2 amide bonds. The lowest BCUT2D eigenvalue weighted by Gasteiger charge is -2.14. The number of carbonyl (C=O) groups excluding carboxylic acids is 2. The van der Waals surface area contributed by atoms with Gasteiger partial charge in [0.15, 0.2) is 11.5 Å². The number of carbonyl (C=O) groups is 2. The van der Waals surface area contributed by atoms with Gasteiger partial charge in [0, 0.05) is 21.3 Å². The van der Waals surface area contributed by atoms with Gasteiger partial charge in [-0.2, -0.15) is 18.3 Å². The second kappa shape index (κ2) is 12.5. The lowest BCUT2D eigenvalue weighted by Crippen LogP contribution is -2.32. The van der Waals surface area contributed by atoms with Crippen LogP contribution in [0.4, 0.5) is 18.9 Å². The van der Waals surface area contributed by atoms with Crippen LogP contribution in [0.2, 0.25) is 10.0 Å². The van der Waals surface area contributed by atoms with Crippen molar-refractivity contribution in [2.75, 3.05) is 11.9 Å². The Kier molecular flexibility index (Phi) is 9.37. The third-order valence-corrected chi connectivity index (χ3v) is 5.44. The van der Waals surface area contributed by atoms with E-state index in [4.69, 9.17) is 32.7 Å². The van der Waals surface area contributed by atoms with Gasteiger partial charge < -0.3 is 14.8 Å². The van der Waals surface area contributed by atoms with Gasteiger partial charge in [-0.3, -0.25) is 9.59 Å². The maximum atomic E-state index is 12.8. The zero-order chi connectivity index (χ0) is 27.0. The molecular formula is C25H20Cl2F3N3O4. The van der Waals surface area contributed by atoms with Crippen LogP contribution in [-0.4, -0.2) is 24.6 Å². The van der Waals surface area contributed by atoms with Crippen LogP contribution in [0.15, 0.2) is 65.8 Å². The molecule has 0 fully saturated rings. The van der Waals surface area contributed by atoms with Gasteiger partial charge in [-0.1, -0.05) is 35.3 Å². The normalized spacial score (nSPS) is 11.3. The van der Waals surface area contributed by atoms with Crippen LogP contribution in [0.1, 0.15) is 23.6 Å². The third kappa shape index (κ3) is 7.86. The van der Waals surface area contributed by atoms with E-state index in [9.17, 15) is 22.8 Å².